The van der Waals surface area contributed by atoms with Gasteiger partial charge in [-0.3, -0.25) is 14.4 Å². The number of nitrogens with one attached hydrogen (secondary N) is 2. The molecule has 0 saturated carbocycles. The first-order chi connectivity index (χ1) is 21.3. The van der Waals surface area contributed by atoms with E-state index < -0.39 is 52.8 Å². The normalized spacial score (nSPS) is 13.2. The van der Waals surface area contributed by atoms with Crippen LogP contribution in [0.3, 0.4) is 0 Å². The molecule has 8 nitrogen and oxygen atoms in total. The molecule has 2 atom stereocenters. The van der Waals surface area contributed by atoms with Gasteiger partial charge in [0.05, 0.1) is 17.1 Å². The largest absolute Gasteiger partial charge is 0.408 e. The minimum atomic E-state index is -4.66. The minimum Gasteiger partial charge on any atom is -0.374 e. The Hall–Kier alpha value is -5.07. The summed E-state index contributed by atoms with van der Waals surface area (Å²) in [6, 6.07) is 10.4. The fourth-order valence-electron chi connectivity index (χ4n) is 5.29. The summed E-state index contributed by atoms with van der Waals surface area (Å²) in [5.41, 5.74) is 0.842. The number of imidazole rings is 1. The Morgan fingerprint density at radius 3 is 2.33 bits per heavy atom. The number of rotatable bonds is 9. The van der Waals surface area contributed by atoms with Crippen molar-refractivity contribution in [1.29, 1.82) is 0 Å². The van der Waals surface area contributed by atoms with E-state index in [4.69, 9.17) is 0 Å². The van der Waals surface area contributed by atoms with Crippen LogP contribution in [0.4, 0.5) is 27.6 Å². The van der Waals surface area contributed by atoms with E-state index in [0.717, 1.165) is 10.9 Å². The van der Waals surface area contributed by atoms with E-state index in [1.54, 1.807) is 40.4 Å². The lowest BCUT2D eigenvalue weighted by atomic mass is 10.0. The van der Waals surface area contributed by atoms with Crippen LogP contribution in [-0.2, 0) is 18.3 Å². The zero-order chi connectivity index (χ0) is 32.6. The van der Waals surface area contributed by atoms with E-state index in [1.165, 1.54) is 20.0 Å². The number of amides is 1. The van der Waals surface area contributed by atoms with Gasteiger partial charge in [-0.1, -0.05) is 25.1 Å². The molecule has 0 unspecified atom stereocenters. The highest BCUT2D eigenvalue weighted by Crippen LogP contribution is 2.28. The van der Waals surface area contributed by atoms with E-state index in [-0.39, 0.29) is 18.4 Å². The van der Waals surface area contributed by atoms with Gasteiger partial charge in [0.2, 0.25) is 0 Å². The topological polar surface area (TPSA) is 97.5 Å². The number of ketones is 1. The molecule has 0 saturated heterocycles. The number of anilines is 1. The summed E-state index contributed by atoms with van der Waals surface area (Å²) >= 11 is 0. The summed E-state index contributed by atoms with van der Waals surface area (Å²) in [4.78, 5) is 43.2. The number of aryl methyl sites for hydroxylation is 1. The predicted octanol–water partition coefficient (Wildman–Crippen LogP) is 5.81. The number of hydrogen-bond acceptors (Lipinski definition) is 5. The minimum absolute atomic E-state index is 0.101. The van der Waals surface area contributed by atoms with Crippen LogP contribution in [-0.4, -0.2) is 43.9 Å². The van der Waals surface area contributed by atoms with Crippen molar-refractivity contribution >= 4 is 33.9 Å². The number of aromatic nitrogens is 3. The molecule has 2 N–H and O–H groups in total. The zero-order valence-corrected chi connectivity index (χ0v) is 24.4. The number of carbonyl (C=O) groups is 2. The quantitative estimate of drug-likeness (QED) is 0.202. The number of alkyl halides is 3. The van der Waals surface area contributed by atoms with Crippen molar-refractivity contribution in [2.45, 2.75) is 44.9 Å². The highest BCUT2D eigenvalue weighted by atomic mass is 19.4. The fraction of sp³-hybridized carbons (Fsp3) is 0.250. The lowest BCUT2D eigenvalue weighted by molar-refractivity contribution is -0.142. The molecule has 3 aromatic heterocycles. The van der Waals surface area contributed by atoms with Crippen LogP contribution in [0, 0.1) is 11.6 Å². The standard InChI is InChI=1S/C32H28F5N5O3/c1-4-27(32(35,36)37)39-19-14-23(33)28(24(34)15-19)30(44)40-25(17(2)43)16-20-9-10-21(29-38-11-12-42(20)29)22-13-18-7-5-6-8-26(18)41(3)31(22)45/h5-15,25,27,39H,4,16H2,1-3H3,(H,40,44)/t25-,27+/m0/s1. The lowest BCUT2D eigenvalue weighted by Gasteiger charge is -2.22. The third kappa shape index (κ3) is 6.15. The Labute approximate surface area is 253 Å². The number of nitrogens with zero attached hydrogens (tertiary/aromatic N) is 3. The van der Waals surface area contributed by atoms with Gasteiger partial charge in [-0.15, -0.1) is 0 Å². The number of hydrogen-bond donors (Lipinski definition) is 2. The smallest absolute Gasteiger partial charge is 0.374 e. The Kier molecular flexibility index (Phi) is 8.46. The average Bonchev–Trinajstić information content (AvgIpc) is 3.47. The van der Waals surface area contributed by atoms with Crippen LogP contribution in [0.2, 0.25) is 0 Å². The second-order valence-electron chi connectivity index (χ2n) is 10.6. The van der Waals surface area contributed by atoms with Crippen molar-refractivity contribution in [3.05, 3.63) is 100 Å². The van der Waals surface area contributed by atoms with E-state index in [2.05, 4.69) is 10.3 Å². The number of halogens is 5. The number of carbonyl (C=O) groups excluding carboxylic acids is 2. The maximum Gasteiger partial charge on any atom is 0.408 e. The molecule has 13 heteroatoms. The van der Waals surface area contributed by atoms with Crippen molar-refractivity contribution in [1.82, 2.24) is 19.3 Å². The Morgan fingerprint density at radius 1 is 1.00 bits per heavy atom. The number of benzene rings is 2. The van der Waals surface area contributed by atoms with Gasteiger partial charge in [-0.25, -0.2) is 13.8 Å². The number of pyridine rings is 2. The molecule has 45 heavy (non-hydrogen) atoms. The van der Waals surface area contributed by atoms with Gasteiger partial charge < -0.3 is 19.6 Å². The zero-order valence-electron chi connectivity index (χ0n) is 24.4. The van der Waals surface area contributed by atoms with Gasteiger partial charge in [-0.05, 0) is 55.1 Å². The SMILES string of the molecule is CC[C@@H](Nc1cc(F)c(C(=O)N[C@@H](Cc2ccc(-c3cc4ccccc4n(C)c3=O)c3nccn23)C(C)=O)c(F)c1)C(F)(F)F. The second-order valence-corrected chi connectivity index (χ2v) is 10.6. The van der Waals surface area contributed by atoms with Crippen LogP contribution in [0.15, 0.2) is 71.8 Å². The van der Waals surface area contributed by atoms with Crippen LogP contribution in [0.25, 0.3) is 27.7 Å². The molecule has 0 radical (unpaired) electrons. The molecule has 2 aromatic carbocycles. The molecule has 0 spiro atoms. The summed E-state index contributed by atoms with van der Waals surface area (Å²) < 4.78 is 72.3. The van der Waals surface area contributed by atoms with Crippen molar-refractivity contribution < 1.29 is 31.5 Å². The molecule has 5 aromatic rings. The first-order valence-electron chi connectivity index (χ1n) is 14.0. The van der Waals surface area contributed by atoms with Gasteiger partial charge in [0.25, 0.3) is 11.5 Å². The second kappa shape index (κ2) is 12.1. The van der Waals surface area contributed by atoms with Crippen LogP contribution < -0.4 is 16.2 Å². The molecule has 3 heterocycles. The van der Waals surface area contributed by atoms with Crippen molar-refractivity contribution in [2.24, 2.45) is 7.05 Å². The van der Waals surface area contributed by atoms with E-state index in [9.17, 15) is 36.3 Å². The predicted molar refractivity (Wildman–Crippen MR) is 159 cm³/mol. The summed E-state index contributed by atoms with van der Waals surface area (Å²) in [7, 11) is 1.67. The Morgan fingerprint density at radius 2 is 1.69 bits per heavy atom. The van der Waals surface area contributed by atoms with Gasteiger partial charge in [0, 0.05) is 42.8 Å². The molecular weight excluding hydrogens is 597 g/mol. The van der Waals surface area contributed by atoms with Crippen LogP contribution in [0.5, 0.6) is 0 Å². The molecule has 234 valence electrons. The molecule has 0 aliphatic rings. The first kappa shape index (κ1) is 31.4. The number of Topliss-reactive ketones (excluding diaryl/α,β-unsaturated/α-hetero) is 1. The molecular formula is C32H28F5N5O3. The fourth-order valence-corrected chi connectivity index (χ4v) is 5.29. The maximum atomic E-state index is 14.9. The summed E-state index contributed by atoms with van der Waals surface area (Å²) in [5, 5.41) is 5.22. The highest BCUT2D eigenvalue weighted by Gasteiger charge is 2.38. The van der Waals surface area contributed by atoms with Gasteiger partial charge in [0.15, 0.2) is 5.78 Å². The number of para-hydroxylation sites is 1. The average molecular weight is 626 g/mol. The molecule has 0 fully saturated rings. The lowest BCUT2D eigenvalue weighted by Crippen LogP contribution is -2.42. The van der Waals surface area contributed by atoms with E-state index in [0.29, 0.717) is 34.6 Å². The van der Waals surface area contributed by atoms with Crippen LogP contribution >= 0.6 is 0 Å². The Balaban J connectivity index is 1.43. The summed E-state index contributed by atoms with van der Waals surface area (Å²) in [6.45, 7) is 2.46. The van der Waals surface area contributed by atoms with Crippen LogP contribution in [0.1, 0.15) is 36.3 Å². The maximum absolute atomic E-state index is 14.9. The molecule has 5 rings (SSSR count). The third-order valence-corrected chi connectivity index (χ3v) is 7.68. The van der Waals surface area contributed by atoms with Crippen molar-refractivity contribution in [2.75, 3.05) is 5.32 Å². The van der Waals surface area contributed by atoms with Crippen molar-refractivity contribution in [3.63, 3.8) is 0 Å². The van der Waals surface area contributed by atoms with Gasteiger partial charge in [-0.2, -0.15) is 13.2 Å². The van der Waals surface area contributed by atoms with Gasteiger partial charge in [0.1, 0.15) is 28.9 Å². The first-order valence-corrected chi connectivity index (χ1v) is 14.0. The highest BCUT2D eigenvalue weighted by molar-refractivity contribution is 5.98. The molecule has 0 aliphatic carbocycles. The Bertz CT molecular complexity index is 1980. The molecule has 0 aliphatic heterocycles. The summed E-state index contributed by atoms with van der Waals surface area (Å²) in [5.74, 6) is -4.56. The van der Waals surface area contributed by atoms with E-state index in [1.807, 2.05) is 29.6 Å². The number of fused-ring (bicyclic) bond motifs is 2. The van der Waals surface area contributed by atoms with E-state index >= 15 is 0 Å². The summed E-state index contributed by atoms with van der Waals surface area (Å²) in [6.07, 6.45) is -2.02. The monoisotopic (exact) mass is 625 g/mol. The molecule has 1 amide bonds. The van der Waals surface area contributed by atoms with Gasteiger partial charge >= 0.3 is 6.18 Å². The molecule has 0 bridgehead atoms. The third-order valence-electron chi connectivity index (χ3n) is 7.68. The van der Waals surface area contributed by atoms with Crippen molar-refractivity contribution in [3.8, 4) is 11.1 Å².